The molecule has 1 rings (SSSR count). The van der Waals surface area contributed by atoms with E-state index in [0.717, 1.165) is 12.1 Å². The summed E-state index contributed by atoms with van der Waals surface area (Å²) >= 11 is 0. The summed E-state index contributed by atoms with van der Waals surface area (Å²) in [6, 6.07) is 3.08. The average molecular weight is 287 g/mol. The lowest BCUT2D eigenvalue weighted by Gasteiger charge is -2.26. The maximum Gasteiger partial charge on any atom is 0.407 e. The van der Waals surface area contributed by atoms with Crippen molar-refractivity contribution in [1.29, 1.82) is 0 Å². The third-order valence-electron chi connectivity index (χ3n) is 2.52. The molecule has 4 nitrogen and oxygen atoms in total. The predicted octanol–water partition coefficient (Wildman–Crippen LogP) is 2.70. The minimum atomic E-state index is -1.54. The third-order valence-corrected chi connectivity index (χ3v) is 2.52. The summed E-state index contributed by atoms with van der Waals surface area (Å²) in [6.45, 7) is 6.32. The van der Waals surface area contributed by atoms with Crippen LogP contribution >= 0.6 is 0 Å². The molecular formula is C14H19F2NO3. The molecule has 20 heavy (non-hydrogen) atoms. The van der Waals surface area contributed by atoms with E-state index in [1.165, 1.54) is 13.0 Å². The molecule has 1 aromatic rings. The Morgan fingerprint density at radius 2 is 1.85 bits per heavy atom. The maximum absolute atomic E-state index is 13.1. The van der Waals surface area contributed by atoms with Crippen LogP contribution < -0.4 is 5.32 Å². The van der Waals surface area contributed by atoms with E-state index in [4.69, 9.17) is 4.74 Å². The van der Waals surface area contributed by atoms with Crippen LogP contribution in [0.4, 0.5) is 13.6 Å². The van der Waals surface area contributed by atoms with Gasteiger partial charge in [0.25, 0.3) is 0 Å². The molecule has 112 valence electrons. The highest BCUT2D eigenvalue weighted by molar-refractivity contribution is 5.67. The zero-order valence-corrected chi connectivity index (χ0v) is 12.0. The predicted molar refractivity (Wildman–Crippen MR) is 70.2 cm³/mol. The molecule has 6 heteroatoms. The van der Waals surface area contributed by atoms with Gasteiger partial charge in [-0.3, -0.25) is 0 Å². The summed E-state index contributed by atoms with van der Waals surface area (Å²) < 4.78 is 31.0. The first-order chi connectivity index (χ1) is 9.01. The fourth-order valence-electron chi connectivity index (χ4n) is 1.49. The van der Waals surface area contributed by atoms with Crippen LogP contribution in [-0.4, -0.2) is 23.3 Å². The van der Waals surface area contributed by atoms with Crippen LogP contribution in [0.3, 0.4) is 0 Å². The van der Waals surface area contributed by atoms with Crippen molar-refractivity contribution < 1.29 is 23.4 Å². The van der Waals surface area contributed by atoms with E-state index in [1.807, 2.05) is 0 Å². The maximum atomic E-state index is 13.1. The van der Waals surface area contributed by atoms with Crippen molar-refractivity contribution in [2.75, 3.05) is 6.54 Å². The van der Waals surface area contributed by atoms with Crippen molar-refractivity contribution in [2.24, 2.45) is 0 Å². The smallest absolute Gasteiger partial charge is 0.407 e. The molecule has 1 aromatic carbocycles. The molecule has 0 bridgehead atoms. The van der Waals surface area contributed by atoms with Crippen LogP contribution in [0.25, 0.3) is 0 Å². The average Bonchev–Trinajstić information content (AvgIpc) is 2.28. The van der Waals surface area contributed by atoms with Crippen molar-refractivity contribution in [3.8, 4) is 0 Å². The fourth-order valence-corrected chi connectivity index (χ4v) is 1.49. The second kappa shape index (κ2) is 5.75. The molecule has 0 aromatic heterocycles. The number of nitrogens with one attached hydrogen (secondary N) is 1. The summed E-state index contributed by atoms with van der Waals surface area (Å²) in [5.74, 6) is -2.05. The molecular weight excluding hydrogens is 268 g/mol. The van der Waals surface area contributed by atoms with Gasteiger partial charge in [0.05, 0.1) is 6.54 Å². The second-order valence-electron chi connectivity index (χ2n) is 5.76. The Bertz CT molecular complexity index is 496. The Labute approximate surface area is 116 Å². The zero-order valence-electron chi connectivity index (χ0n) is 12.0. The van der Waals surface area contributed by atoms with Gasteiger partial charge in [-0.25, -0.2) is 13.6 Å². The molecule has 0 fully saturated rings. The van der Waals surface area contributed by atoms with Gasteiger partial charge in [0, 0.05) is 0 Å². The minimum Gasteiger partial charge on any atom is -0.444 e. The Hall–Kier alpha value is -1.69. The van der Waals surface area contributed by atoms with E-state index in [0.29, 0.717) is 0 Å². The molecule has 0 radical (unpaired) electrons. The normalized spacial score (nSPS) is 14.6. The number of carbonyl (C=O) groups excluding carboxylic acids is 1. The molecule has 0 aliphatic rings. The summed E-state index contributed by atoms with van der Waals surface area (Å²) in [6.07, 6.45) is -0.694. The van der Waals surface area contributed by atoms with Gasteiger partial charge < -0.3 is 15.2 Å². The lowest BCUT2D eigenvalue weighted by atomic mass is 9.96. The number of carbonyl (C=O) groups is 1. The molecule has 1 unspecified atom stereocenters. The largest absolute Gasteiger partial charge is 0.444 e. The number of halogens is 2. The number of ether oxygens (including phenoxy) is 1. The van der Waals surface area contributed by atoms with Crippen LogP contribution in [0.15, 0.2) is 18.2 Å². The lowest BCUT2D eigenvalue weighted by molar-refractivity contribution is 0.0315. The molecule has 1 amide bonds. The van der Waals surface area contributed by atoms with Crippen molar-refractivity contribution in [2.45, 2.75) is 38.9 Å². The molecule has 1 atom stereocenters. The third kappa shape index (κ3) is 4.77. The van der Waals surface area contributed by atoms with E-state index in [9.17, 15) is 18.7 Å². The lowest BCUT2D eigenvalue weighted by Crippen LogP contribution is -2.41. The van der Waals surface area contributed by atoms with E-state index in [-0.39, 0.29) is 12.1 Å². The summed E-state index contributed by atoms with van der Waals surface area (Å²) in [5, 5.41) is 12.6. The van der Waals surface area contributed by atoms with Gasteiger partial charge in [0.15, 0.2) is 11.6 Å². The van der Waals surface area contributed by atoms with Crippen molar-refractivity contribution in [1.82, 2.24) is 5.32 Å². The van der Waals surface area contributed by atoms with Gasteiger partial charge in [-0.05, 0) is 45.4 Å². The van der Waals surface area contributed by atoms with Gasteiger partial charge in [-0.2, -0.15) is 0 Å². The first-order valence-corrected chi connectivity index (χ1v) is 6.16. The topological polar surface area (TPSA) is 58.6 Å². The van der Waals surface area contributed by atoms with Crippen molar-refractivity contribution in [3.63, 3.8) is 0 Å². The number of rotatable bonds is 3. The van der Waals surface area contributed by atoms with Crippen LogP contribution in [0.5, 0.6) is 0 Å². The van der Waals surface area contributed by atoms with E-state index in [1.54, 1.807) is 20.8 Å². The van der Waals surface area contributed by atoms with Gasteiger partial charge in [0.1, 0.15) is 11.2 Å². The van der Waals surface area contributed by atoms with Crippen LogP contribution in [0.2, 0.25) is 0 Å². The first-order valence-electron chi connectivity index (χ1n) is 6.16. The quantitative estimate of drug-likeness (QED) is 0.898. The monoisotopic (exact) mass is 287 g/mol. The summed E-state index contributed by atoms with van der Waals surface area (Å²) in [5.41, 5.74) is -2.03. The highest BCUT2D eigenvalue weighted by Crippen LogP contribution is 2.22. The highest BCUT2D eigenvalue weighted by atomic mass is 19.2. The first kappa shape index (κ1) is 16.4. The van der Waals surface area contributed by atoms with Gasteiger partial charge in [-0.1, -0.05) is 6.07 Å². The number of amides is 1. The second-order valence-corrected chi connectivity index (χ2v) is 5.76. The molecule has 0 saturated heterocycles. The van der Waals surface area contributed by atoms with Crippen molar-refractivity contribution in [3.05, 3.63) is 35.4 Å². The molecule has 0 saturated carbocycles. The van der Waals surface area contributed by atoms with E-state index < -0.39 is 28.9 Å². The van der Waals surface area contributed by atoms with E-state index in [2.05, 4.69) is 5.32 Å². The van der Waals surface area contributed by atoms with Crippen molar-refractivity contribution >= 4 is 6.09 Å². The number of alkyl carbamates (subject to hydrolysis) is 1. The Morgan fingerprint density at radius 1 is 1.25 bits per heavy atom. The number of benzene rings is 1. The highest BCUT2D eigenvalue weighted by Gasteiger charge is 2.26. The number of hydrogen-bond acceptors (Lipinski definition) is 3. The number of hydrogen-bond donors (Lipinski definition) is 2. The molecule has 0 aliphatic carbocycles. The van der Waals surface area contributed by atoms with Gasteiger partial charge in [-0.15, -0.1) is 0 Å². The van der Waals surface area contributed by atoms with Crippen LogP contribution in [-0.2, 0) is 10.3 Å². The Morgan fingerprint density at radius 3 is 2.35 bits per heavy atom. The van der Waals surface area contributed by atoms with Crippen LogP contribution in [0.1, 0.15) is 33.3 Å². The molecule has 0 spiro atoms. The molecule has 0 heterocycles. The fraction of sp³-hybridized carbons (Fsp3) is 0.500. The summed E-state index contributed by atoms with van der Waals surface area (Å²) in [7, 11) is 0. The SMILES string of the molecule is CC(C)(C)OC(=O)NCC(C)(O)c1ccc(F)c(F)c1. The zero-order chi connectivity index (χ0) is 15.6. The van der Waals surface area contributed by atoms with Gasteiger partial charge in [0.2, 0.25) is 0 Å². The molecule has 0 aliphatic heterocycles. The number of aliphatic hydroxyl groups is 1. The Balaban J connectivity index is 2.70. The Kier molecular flexibility index (Phi) is 4.70. The molecule has 2 N–H and O–H groups in total. The van der Waals surface area contributed by atoms with Crippen LogP contribution in [0, 0.1) is 11.6 Å². The minimum absolute atomic E-state index is 0.160. The summed E-state index contributed by atoms with van der Waals surface area (Å²) in [4.78, 5) is 11.5. The van der Waals surface area contributed by atoms with Gasteiger partial charge >= 0.3 is 6.09 Å². The standard InChI is InChI=1S/C14H19F2NO3/c1-13(2,3)20-12(18)17-8-14(4,19)9-5-6-10(15)11(16)7-9/h5-7,19H,8H2,1-4H3,(H,17,18). The van der Waals surface area contributed by atoms with E-state index >= 15 is 0 Å².